The lowest BCUT2D eigenvalue weighted by molar-refractivity contribution is -0.137. The zero-order valence-corrected chi connectivity index (χ0v) is 22.0. The molecular weight excluding hydrogens is 493 g/mol. The highest BCUT2D eigenvalue weighted by atomic mass is 35.5. The second-order valence-electron chi connectivity index (χ2n) is 9.74. The van der Waals surface area contributed by atoms with Crippen molar-refractivity contribution in [1.82, 2.24) is 5.32 Å². The maximum Gasteiger partial charge on any atom is 0.416 e. The molecule has 2 unspecified atom stereocenters. The third-order valence-electron chi connectivity index (χ3n) is 6.58. The molecule has 1 fully saturated rings. The molecule has 0 amide bonds. The van der Waals surface area contributed by atoms with Gasteiger partial charge in [0.1, 0.15) is 0 Å². The number of nitrogens with two attached hydrogens (primary N) is 1. The van der Waals surface area contributed by atoms with Gasteiger partial charge in [0, 0.05) is 60.3 Å². The molecule has 0 bridgehead atoms. The molecule has 0 aliphatic carbocycles. The molecule has 0 aromatic heterocycles. The van der Waals surface area contributed by atoms with Crippen LogP contribution in [0.15, 0.2) is 40.1 Å². The molecule has 35 heavy (non-hydrogen) atoms. The van der Waals surface area contributed by atoms with E-state index in [9.17, 15) is 13.2 Å². The summed E-state index contributed by atoms with van der Waals surface area (Å²) in [7, 11) is 0. The zero-order valence-electron chi connectivity index (χ0n) is 20.4. The van der Waals surface area contributed by atoms with Crippen LogP contribution in [0.5, 0.6) is 0 Å². The number of fused-ring (bicyclic) bond motifs is 2. The van der Waals surface area contributed by atoms with Crippen LogP contribution in [0.1, 0.15) is 43.4 Å². The van der Waals surface area contributed by atoms with E-state index in [0.29, 0.717) is 41.9 Å². The lowest BCUT2D eigenvalue weighted by atomic mass is 9.91. The molecule has 194 valence electrons. The first kappa shape index (κ1) is 28.0. The zero-order chi connectivity index (χ0) is 24.3. The molecule has 9 heteroatoms. The highest BCUT2D eigenvalue weighted by Gasteiger charge is 2.33. The first-order chi connectivity index (χ1) is 16.2. The van der Waals surface area contributed by atoms with Crippen molar-refractivity contribution in [2.24, 2.45) is 17.6 Å². The number of piperidine rings is 1. The average Bonchev–Trinajstić information content (AvgIpc) is 2.78. The minimum Gasteiger partial charge on any atom is -0.385 e. The standard InChI is InChI=1S/C26H35F3N4S.ClH/c1-17-10-18(2)16-33(15-17)21-5-4-19-11-22-23(32-8-3-7-31-9-6-30)12-20(26(27,28)29)13-25(22)34-24(19)14-21;/h4-5,12-14,17-18,31-32H,3,6-11,15-16,30H2,1-2H3;1H. The molecule has 0 radical (unpaired) electrons. The number of nitrogens with zero attached hydrogens (tertiary/aromatic N) is 1. The van der Waals surface area contributed by atoms with Gasteiger partial charge in [0.15, 0.2) is 0 Å². The van der Waals surface area contributed by atoms with E-state index in [1.54, 1.807) is 0 Å². The van der Waals surface area contributed by atoms with Crippen LogP contribution in [0.3, 0.4) is 0 Å². The normalized spacial score (nSPS) is 19.5. The number of halogens is 4. The predicted octanol–water partition coefficient (Wildman–Crippen LogP) is 6.02. The Hall–Kier alpha value is -1.61. The summed E-state index contributed by atoms with van der Waals surface area (Å²) in [4.78, 5) is 4.18. The summed E-state index contributed by atoms with van der Waals surface area (Å²) < 4.78 is 41.0. The number of alkyl halides is 3. The van der Waals surface area contributed by atoms with Crippen molar-refractivity contribution in [3.05, 3.63) is 47.0 Å². The fourth-order valence-corrected chi connectivity index (χ4v) is 6.25. The van der Waals surface area contributed by atoms with Crippen molar-refractivity contribution in [2.75, 3.05) is 49.5 Å². The van der Waals surface area contributed by atoms with Gasteiger partial charge in [-0.15, -0.1) is 12.4 Å². The maximum atomic E-state index is 13.7. The van der Waals surface area contributed by atoms with E-state index >= 15 is 0 Å². The van der Waals surface area contributed by atoms with E-state index in [-0.39, 0.29) is 12.4 Å². The minimum absolute atomic E-state index is 0. The number of nitrogens with one attached hydrogen (secondary N) is 2. The number of hydrogen-bond acceptors (Lipinski definition) is 5. The summed E-state index contributed by atoms with van der Waals surface area (Å²) in [5.41, 5.74) is 8.77. The Bertz CT molecular complexity index is 991. The monoisotopic (exact) mass is 528 g/mol. The largest absolute Gasteiger partial charge is 0.416 e. The van der Waals surface area contributed by atoms with Crippen LogP contribution in [-0.4, -0.2) is 39.3 Å². The highest BCUT2D eigenvalue weighted by Crippen LogP contribution is 2.46. The summed E-state index contributed by atoms with van der Waals surface area (Å²) >= 11 is 1.46. The van der Waals surface area contributed by atoms with Crippen molar-refractivity contribution in [3.8, 4) is 0 Å². The van der Waals surface area contributed by atoms with Gasteiger partial charge in [0.25, 0.3) is 0 Å². The second kappa shape index (κ2) is 12.1. The smallest absolute Gasteiger partial charge is 0.385 e. The summed E-state index contributed by atoms with van der Waals surface area (Å²) in [5.74, 6) is 1.28. The lowest BCUT2D eigenvalue weighted by Gasteiger charge is -2.37. The number of hydrogen-bond donors (Lipinski definition) is 3. The summed E-state index contributed by atoms with van der Waals surface area (Å²) in [5, 5.41) is 6.49. The van der Waals surface area contributed by atoms with Gasteiger partial charge in [0.05, 0.1) is 5.56 Å². The Kier molecular flexibility index (Phi) is 9.66. The molecule has 4 rings (SSSR count). The fourth-order valence-electron chi connectivity index (χ4n) is 5.07. The molecule has 1 saturated heterocycles. The van der Waals surface area contributed by atoms with Gasteiger partial charge in [-0.1, -0.05) is 31.7 Å². The third-order valence-corrected chi connectivity index (χ3v) is 7.76. The van der Waals surface area contributed by atoms with E-state index in [0.717, 1.165) is 43.1 Å². The van der Waals surface area contributed by atoms with E-state index in [2.05, 4.69) is 47.6 Å². The number of anilines is 2. The van der Waals surface area contributed by atoms with Gasteiger partial charge in [-0.05, 0) is 66.6 Å². The topological polar surface area (TPSA) is 53.3 Å². The molecule has 4 nitrogen and oxygen atoms in total. The van der Waals surface area contributed by atoms with Crippen LogP contribution in [0.4, 0.5) is 24.5 Å². The average molecular weight is 529 g/mol. The summed E-state index contributed by atoms with van der Waals surface area (Å²) in [6, 6.07) is 9.08. The quantitative estimate of drug-likeness (QED) is 0.312. The lowest BCUT2D eigenvalue weighted by Crippen LogP contribution is -2.38. The Morgan fingerprint density at radius 3 is 2.46 bits per heavy atom. The van der Waals surface area contributed by atoms with Crippen molar-refractivity contribution < 1.29 is 13.2 Å². The Morgan fingerprint density at radius 2 is 1.77 bits per heavy atom. The van der Waals surface area contributed by atoms with Gasteiger partial charge < -0.3 is 21.3 Å². The molecule has 0 saturated carbocycles. The van der Waals surface area contributed by atoms with Crippen LogP contribution >= 0.6 is 24.2 Å². The molecule has 2 atom stereocenters. The van der Waals surface area contributed by atoms with E-state index < -0.39 is 11.7 Å². The van der Waals surface area contributed by atoms with Crippen molar-refractivity contribution >= 4 is 35.5 Å². The molecule has 4 N–H and O–H groups in total. The highest BCUT2D eigenvalue weighted by molar-refractivity contribution is 7.99. The first-order valence-electron chi connectivity index (χ1n) is 12.2. The molecule has 2 aromatic carbocycles. The summed E-state index contributed by atoms with van der Waals surface area (Å²) in [6.45, 7) is 9.31. The molecule has 2 aliphatic heterocycles. The Morgan fingerprint density at radius 1 is 1.03 bits per heavy atom. The Labute approximate surface area is 217 Å². The van der Waals surface area contributed by atoms with Gasteiger partial charge in [-0.3, -0.25) is 0 Å². The minimum atomic E-state index is -4.38. The van der Waals surface area contributed by atoms with Gasteiger partial charge in [0.2, 0.25) is 0 Å². The van der Waals surface area contributed by atoms with Gasteiger partial charge >= 0.3 is 6.18 Å². The Balaban J connectivity index is 0.00000342. The first-order valence-corrected chi connectivity index (χ1v) is 13.0. The van der Waals surface area contributed by atoms with Crippen LogP contribution in [0.2, 0.25) is 0 Å². The summed E-state index contributed by atoms with van der Waals surface area (Å²) in [6.07, 6.45) is -1.69. The molecule has 2 aromatic rings. The van der Waals surface area contributed by atoms with Crippen molar-refractivity contribution in [1.29, 1.82) is 0 Å². The third kappa shape index (κ3) is 7.00. The van der Waals surface area contributed by atoms with Gasteiger partial charge in [-0.2, -0.15) is 13.2 Å². The van der Waals surface area contributed by atoms with Gasteiger partial charge in [-0.25, -0.2) is 0 Å². The number of benzene rings is 2. The van der Waals surface area contributed by atoms with E-state index in [1.165, 1.54) is 41.6 Å². The predicted molar refractivity (Wildman–Crippen MR) is 142 cm³/mol. The van der Waals surface area contributed by atoms with Crippen LogP contribution in [0, 0.1) is 11.8 Å². The molecule has 2 heterocycles. The number of rotatable bonds is 8. The molecule has 2 aliphatic rings. The van der Waals surface area contributed by atoms with E-state index in [1.807, 2.05) is 0 Å². The SMILES string of the molecule is CC1CC(C)CN(c2ccc3c(c2)Sc2cc(C(F)(F)F)cc(NCCCNCCN)c2C3)C1.Cl. The van der Waals surface area contributed by atoms with Crippen LogP contribution in [-0.2, 0) is 12.6 Å². The maximum absolute atomic E-state index is 13.7. The molecule has 0 spiro atoms. The fraction of sp³-hybridized carbons (Fsp3) is 0.538. The van der Waals surface area contributed by atoms with Crippen molar-refractivity contribution in [2.45, 2.75) is 49.1 Å². The van der Waals surface area contributed by atoms with Crippen LogP contribution < -0.4 is 21.3 Å². The second-order valence-corrected chi connectivity index (χ2v) is 10.8. The molecular formula is C26H36ClF3N4S. The van der Waals surface area contributed by atoms with Crippen molar-refractivity contribution in [3.63, 3.8) is 0 Å². The van der Waals surface area contributed by atoms with Crippen LogP contribution in [0.25, 0.3) is 0 Å². The van der Waals surface area contributed by atoms with E-state index in [4.69, 9.17) is 5.73 Å².